The van der Waals surface area contributed by atoms with Crippen molar-refractivity contribution in [1.29, 1.82) is 0 Å². The van der Waals surface area contributed by atoms with E-state index in [1.54, 1.807) is 19.1 Å². The van der Waals surface area contributed by atoms with Crippen molar-refractivity contribution >= 4 is 21.9 Å². The number of aliphatic hydroxyl groups excluding tert-OH is 2. The normalized spacial score (nSPS) is 14.0. The highest BCUT2D eigenvalue weighted by Gasteiger charge is 2.23. The molecule has 0 aliphatic heterocycles. The smallest absolute Gasteiger partial charge is 0.308 e. The molecular weight excluding hydrogens is 300 g/mol. The summed E-state index contributed by atoms with van der Waals surface area (Å²) in [6.07, 6.45) is -2.47. The molecule has 0 amide bonds. The molecule has 0 aliphatic carbocycles. The number of carbonyl (C=O) groups is 1. The van der Waals surface area contributed by atoms with E-state index < -0.39 is 18.2 Å². The van der Waals surface area contributed by atoms with Crippen LogP contribution < -0.4 is 0 Å². The van der Waals surface area contributed by atoms with Crippen LogP contribution in [0.1, 0.15) is 30.6 Å². The average molecular weight is 317 g/mol. The van der Waals surface area contributed by atoms with Gasteiger partial charge in [0.2, 0.25) is 0 Å². The topological polar surface area (TPSA) is 66.8 Å². The number of benzene rings is 1. The summed E-state index contributed by atoms with van der Waals surface area (Å²) in [5, 5.41) is 20.4. The van der Waals surface area contributed by atoms with Gasteiger partial charge in [-0.2, -0.15) is 0 Å². The molecule has 0 spiro atoms. The van der Waals surface area contributed by atoms with E-state index in [1.807, 2.05) is 12.1 Å². The highest BCUT2D eigenvalue weighted by molar-refractivity contribution is 9.08. The molecule has 2 atom stereocenters. The van der Waals surface area contributed by atoms with Gasteiger partial charge in [-0.25, -0.2) is 0 Å². The molecule has 0 heterocycles. The molecule has 5 heteroatoms. The van der Waals surface area contributed by atoms with Crippen molar-refractivity contribution in [2.45, 2.75) is 30.9 Å². The lowest BCUT2D eigenvalue weighted by Crippen LogP contribution is -2.23. The Morgan fingerprint density at radius 2 is 2.06 bits per heavy atom. The van der Waals surface area contributed by atoms with Crippen molar-refractivity contribution in [1.82, 2.24) is 0 Å². The van der Waals surface area contributed by atoms with E-state index in [4.69, 9.17) is 4.74 Å². The molecule has 0 aliphatic rings. The van der Waals surface area contributed by atoms with Crippen LogP contribution in [0.15, 0.2) is 24.3 Å². The molecule has 4 nitrogen and oxygen atoms in total. The van der Waals surface area contributed by atoms with E-state index in [0.717, 1.165) is 5.56 Å². The maximum atomic E-state index is 11.2. The highest BCUT2D eigenvalue weighted by Crippen LogP contribution is 2.24. The number of hydrogen-bond acceptors (Lipinski definition) is 4. The molecule has 0 saturated carbocycles. The standard InChI is InChI=1S/C13H17BrO4/c1-2-18-12(16)7-11(15)13(17)10-6-4-3-5-9(10)8-14/h3-6,11,13,15,17H,2,7-8H2,1H3. The Labute approximate surface area is 115 Å². The number of aliphatic hydroxyl groups is 2. The number of halogens is 1. The van der Waals surface area contributed by atoms with Crippen LogP contribution in [0, 0.1) is 0 Å². The van der Waals surface area contributed by atoms with Gasteiger partial charge in [0.25, 0.3) is 0 Å². The maximum Gasteiger partial charge on any atom is 0.308 e. The predicted molar refractivity (Wildman–Crippen MR) is 71.3 cm³/mol. The molecule has 0 saturated heterocycles. The van der Waals surface area contributed by atoms with Gasteiger partial charge in [-0.3, -0.25) is 4.79 Å². The van der Waals surface area contributed by atoms with Crippen LogP contribution in [0.25, 0.3) is 0 Å². The average Bonchev–Trinajstić information content (AvgIpc) is 2.38. The number of esters is 1. The Hall–Kier alpha value is -0.910. The van der Waals surface area contributed by atoms with Crippen LogP contribution in [0.4, 0.5) is 0 Å². The Balaban J connectivity index is 2.73. The predicted octanol–water partition coefficient (Wildman–Crippen LogP) is 1.93. The number of alkyl halides is 1. The second-order valence-corrected chi connectivity index (χ2v) is 4.41. The summed E-state index contributed by atoms with van der Waals surface area (Å²) in [6, 6.07) is 7.21. The second kappa shape index (κ2) is 7.51. The van der Waals surface area contributed by atoms with Crippen LogP contribution in [0.3, 0.4) is 0 Å². The van der Waals surface area contributed by atoms with Gasteiger partial charge in [0, 0.05) is 5.33 Å². The molecule has 2 N–H and O–H groups in total. The summed E-state index contributed by atoms with van der Waals surface area (Å²) in [5.74, 6) is -0.514. The zero-order valence-corrected chi connectivity index (χ0v) is 11.8. The van der Waals surface area contributed by atoms with Crippen LogP contribution in [0.2, 0.25) is 0 Å². The van der Waals surface area contributed by atoms with Crippen molar-refractivity contribution in [2.75, 3.05) is 6.61 Å². The second-order valence-electron chi connectivity index (χ2n) is 3.85. The molecule has 1 rings (SSSR count). The minimum atomic E-state index is -1.16. The minimum Gasteiger partial charge on any atom is -0.466 e. The molecule has 100 valence electrons. The minimum absolute atomic E-state index is 0.217. The molecule has 1 aromatic carbocycles. The first-order valence-electron chi connectivity index (χ1n) is 5.75. The molecule has 0 bridgehead atoms. The fourth-order valence-electron chi connectivity index (χ4n) is 1.65. The monoisotopic (exact) mass is 316 g/mol. The SMILES string of the molecule is CCOC(=O)CC(O)C(O)c1ccccc1CBr. The van der Waals surface area contributed by atoms with Crippen LogP contribution in [-0.4, -0.2) is 28.9 Å². The van der Waals surface area contributed by atoms with Gasteiger partial charge in [0.05, 0.1) is 19.1 Å². The Bertz CT molecular complexity index is 394. The van der Waals surface area contributed by atoms with E-state index in [9.17, 15) is 15.0 Å². The van der Waals surface area contributed by atoms with Crippen molar-refractivity contribution in [2.24, 2.45) is 0 Å². The third kappa shape index (κ3) is 4.08. The number of hydrogen-bond donors (Lipinski definition) is 2. The van der Waals surface area contributed by atoms with Gasteiger partial charge in [-0.15, -0.1) is 0 Å². The highest BCUT2D eigenvalue weighted by atomic mass is 79.9. The summed E-state index contributed by atoms with van der Waals surface area (Å²) < 4.78 is 4.74. The first-order valence-corrected chi connectivity index (χ1v) is 6.87. The molecule has 1 aromatic rings. The zero-order chi connectivity index (χ0) is 13.5. The van der Waals surface area contributed by atoms with Gasteiger partial charge in [-0.05, 0) is 18.1 Å². The van der Waals surface area contributed by atoms with E-state index in [1.165, 1.54) is 0 Å². The number of rotatable bonds is 6. The molecule has 0 radical (unpaired) electrons. The van der Waals surface area contributed by atoms with Crippen molar-refractivity contribution in [3.05, 3.63) is 35.4 Å². The first-order chi connectivity index (χ1) is 8.60. The van der Waals surface area contributed by atoms with Crippen molar-refractivity contribution < 1.29 is 19.7 Å². The lowest BCUT2D eigenvalue weighted by molar-refractivity contribution is -0.147. The fraction of sp³-hybridized carbons (Fsp3) is 0.462. The summed E-state index contributed by atoms with van der Waals surface area (Å²) >= 11 is 3.32. The molecule has 18 heavy (non-hydrogen) atoms. The zero-order valence-electron chi connectivity index (χ0n) is 10.2. The van der Waals surface area contributed by atoms with E-state index in [0.29, 0.717) is 10.9 Å². The Morgan fingerprint density at radius 1 is 1.39 bits per heavy atom. The summed E-state index contributed by atoms with van der Waals surface area (Å²) in [5.41, 5.74) is 1.50. The Kier molecular flexibility index (Phi) is 6.32. The summed E-state index contributed by atoms with van der Waals surface area (Å²) in [6.45, 7) is 1.96. The number of ether oxygens (including phenoxy) is 1. The van der Waals surface area contributed by atoms with Crippen LogP contribution in [0.5, 0.6) is 0 Å². The van der Waals surface area contributed by atoms with Crippen LogP contribution in [-0.2, 0) is 14.9 Å². The summed E-state index contributed by atoms with van der Waals surface area (Å²) in [7, 11) is 0. The molecular formula is C13H17BrO4. The van der Waals surface area contributed by atoms with Gasteiger partial charge < -0.3 is 14.9 Å². The molecule has 2 unspecified atom stereocenters. The quantitative estimate of drug-likeness (QED) is 0.621. The molecule has 0 aromatic heterocycles. The third-order valence-electron chi connectivity index (χ3n) is 2.56. The lowest BCUT2D eigenvalue weighted by Gasteiger charge is -2.19. The van der Waals surface area contributed by atoms with E-state index in [-0.39, 0.29) is 13.0 Å². The number of carbonyl (C=O) groups excluding carboxylic acids is 1. The van der Waals surface area contributed by atoms with Crippen molar-refractivity contribution in [3.8, 4) is 0 Å². The maximum absolute atomic E-state index is 11.2. The fourth-order valence-corrected chi connectivity index (χ4v) is 2.16. The first kappa shape index (κ1) is 15.1. The third-order valence-corrected chi connectivity index (χ3v) is 3.17. The van der Waals surface area contributed by atoms with E-state index >= 15 is 0 Å². The Morgan fingerprint density at radius 3 is 2.67 bits per heavy atom. The van der Waals surface area contributed by atoms with Gasteiger partial charge in [0.15, 0.2) is 0 Å². The van der Waals surface area contributed by atoms with E-state index in [2.05, 4.69) is 15.9 Å². The van der Waals surface area contributed by atoms with Crippen LogP contribution >= 0.6 is 15.9 Å². The van der Waals surface area contributed by atoms with Gasteiger partial charge in [0.1, 0.15) is 6.10 Å². The lowest BCUT2D eigenvalue weighted by atomic mass is 9.98. The summed E-state index contributed by atoms with van der Waals surface area (Å²) in [4.78, 5) is 11.2. The van der Waals surface area contributed by atoms with Gasteiger partial charge in [-0.1, -0.05) is 40.2 Å². The molecule has 0 fully saturated rings. The van der Waals surface area contributed by atoms with Gasteiger partial charge >= 0.3 is 5.97 Å². The largest absolute Gasteiger partial charge is 0.466 e. The van der Waals surface area contributed by atoms with Crippen molar-refractivity contribution in [3.63, 3.8) is 0 Å².